The summed E-state index contributed by atoms with van der Waals surface area (Å²) in [5.41, 5.74) is -1.39. The summed E-state index contributed by atoms with van der Waals surface area (Å²) >= 11 is 0. The molecule has 1 aromatic carbocycles. The second-order valence-electron chi connectivity index (χ2n) is 14.3. The molecule has 0 N–H and O–H groups in total. The van der Waals surface area contributed by atoms with E-state index in [0.29, 0.717) is 18.8 Å². The van der Waals surface area contributed by atoms with E-state index in [1.165, 1.54) is 9.80 Å². The maximum absolute atomic E-state index is 13.4. The number of methoxy groups -OCH3 is 1. The molecule has 0 saturated carbocycles. The first-order valence-corrected chi connectivity index (χ1v) is 14.9. The first kappa shape index (κ1) is 34.8. The minimum atomic E-state index is -1.01. The molecule has 0 unspecified atom stereocenters. The molecule has 0 aromatic heterocycles. The lowest BCUT2D eigenvalue weighted by Crippen LogP contribution is -2.52. The van der Waals surface area contributed by atoms with Crippen molar-refractivity contribution in [2.75, 3.05) is 26.7 Å². The molecule has 0 radical (unpaired) electrons. The Morgan fingerprint density at radius 3 is 1.82 bits per heavy atom. The fourth-order valence-electron chi connectivity index (χ4n) is 4.88. The van der Waals surface area contributed by atoms with Crippen LogP contribution in [0.1, 0.15) is 74.3 Å². The van der Waals surface area contributed by atoms with E-state index in [4.69, 9.17) is 28.4 Å². The molecule has 246 valence electrons. The molecular formula is C32H48N2O10. The zero-order valence-electron chi connectivity index (χ0n) is 27.6. The lowest BCUT2D eigenvalue weighted by Gasteiger charge is -2.39. The van der Waals surface area contributed by atoms with E-state index in [2.05, 4.69) is 0 Å². The molecular weight excluding hydrogens is 572 g/mol. The van der Waals surface area contributed by atoms with Crippen LogP contribution in [0.25, 0.3) is 0 Å². The maximum atomic E-state index is 13.4. The largest absolute Gasteiger partial charge is 0.509 e. The van der Waals surface area contributed by atoms with E-state index in [-0.39, 0.29) is 25.3 Å². The van der Waals surface area contributed by atoms with Crippen LogP contribution in [-0.2, 0) is 34.9 Å². The van der Waals surface area contributed by atoms with Gasteiger partial charge in [-0.05, 0) is 86.4 Å². The van der Waals surface area contributed by atoms with Gasteiger partial charge in [0, 0.05) is 19.0 Å². The third-order valence-corrected chi connectivity index (χ3v) is 6.72. The van der Waals surface area contributed by atoms with Crippen molar-refractivity contribution in [3.8, 4) is 5.75 Å². The highest BCUT2D eigenvalue weighted by Crippen LogP contribution is 2.31. The number of benzene rings is 1. The topological polar surface area (TPSA) is 130 Å². The number of hydrogen-bond donors (Lipinski definition) is 0. The number of likely N-dealkylation sites (tertiary alicyclic amines) is 2. The van der Waals surface area contributed by atoms with Gasteiger partial charge in [-0.2, -0.15) is 0 Å². The van der Waals surface area contributed by atoms with Crippen molar-refractivity contribution in [2.45, 2.75) is 110 Å². The predicted molar refractivity (Wildman–Crippen MR) is 160 cm³/mol. The number of carbonyl (C=O) groups excluding carboxylic acids is 4. The Bertz CT molecular complexity index is 1170. The second-order valence-corrected chi connectivity index (χ2v) is 14.3. The summed E-state index contributed by atoms with van der Waals surface area (Å²) in [5.74, 6) is 0.00949. The Morgan fingerprint density at radius 2 is 1.30 bits per heavy atom. The average molecular weight is 621 g/mol. The number of ether oxygens (including phenoxy) is 6. The van der Waals surface area contributed by atoms with Crippen LogP contribution in [0.3, 0.4) is 0 Å². The summed E-state index contributed by atoms with van der Waals surface area (Å²) in [5, 5.41) is 0. The van der Waals surface area contributed by atoms with Gasteiger partial charge in [0.1, 0.15) is 22.6 Å². The summed E-state index contributed by atoms with van der Waals surface area (Å²) in [6.07, 6.45) is -3.70. The first-order valence-electron chi connectivity index (χ1n) is 14.9. The van der Waals surface area contributed by atoms with Crippen molar-refractivity contribution >= 4 is 24.3 Å². The summed E-state index contributed by atoms with van der Waals surface area (Å²) < 4.78 is 33.4. The molecule has 0 bridgehead atoms. The second kappa shape index (κ2) is 13.5. The van der Waals surface area contributed by atoms with E-state index < -0.39 is 59.4 Å². The number of nitrogens with zero attached hydrogens (tertiary/aromatic N) is 2. The third kappa shape index (κ3) is 10.5. The minimum Gasteiger partial charge on any atom is -0.497 e. The quantitative estimate of drug-likeness (QED) is 0.291. The molecule has 44 heavy (non-hydrogen) atoms. The minimum absolute atomic E-state index is 0.0383. The average Bonchev–Trinajstić information content (AvgIpc) is 3.14. The summed E-state index contributed by atoms with van der Waals surface area (Å²) in [6.45, 7) is 16.4. The zero-order valence-corrected chi connectivity index (χ0v) is 27.6. The lowest BCUT2D eigenvalue weighted by molar-refractivity contribution is -0.158. The van der Waals surface area contributed by atoms with E-state index in [9.17, 15) is 19.2 Å². The summed E-state index contributed by atoms with van der Waals surface area (Å²) in [4.78, 5) is 54.7. The highest BCUT2D eigenvalue weighted by Gasteiger charge is 2.50. The molecule has 2 aliphatic heterocycles. The van der Waals surface area contributed by atoms with Gasteiger partial charge in [0.15, 0.2) is 12.2 Å². The zero-order chi connectivity index (χ0) is 33.0. The van der Waals surface area contributed by atoms with Crippen LogP contribution in [0.15, 0.2) is 24.3 Å². The van der Waals surface area contributed by atoms with Crippen molar-refractivity contribution in [3.63, 3.8) is 0 Å². The Kier molecular flexibility index (Phi) is 10.7. The van der Waals surface area contributed by atoms with E-state index >= 15 is 0 Å². The molecule has 2 fully saturated rings. The molecule has 2 aliphatic rings. The monoisotopic (exact) mass is 620 g/mol. The standard InChI is InChI=1S/C32H48N2O10/c1-30(2,3)42-27(36)33-17-21(18-33)16-25(35)41-26-23(15-20-11-13-22(39-10)14-12-20)34(28(37)43-31(4,5)6)19-24(26)40-29(38)44-32(7,8)9/h11-14,21,23-24,26H,15-19H2,1-10H3/t23-,24+,26+/m1/s1. The molecule has 12 heteroatoms. The van der Waals surface area contributed by atoms with Crippen molar-refractivity contribution < 1.29 is 47.6 Å². The summed E-state index contributed by atoms with van der Waals surface area (Å²) in [7, 11) is 1.57. The van der Waals surface area contributed by atoms with Gasteiger partial charge in [0.05, 0.1) is 26.1 Å². The molecule has 3 rings (SSSR count). The van der Waals surface area contributed by atoms with Crippen molar-refractivity contribution in [1.29, 1.82) is 0 Å². The Hall–Kier alpha value is -3.70. The maximum Gasteiger partial charge on any atom is 0.509 e. The molecule has 2 saturated heterocycles. The van der Waals surface area contributed by atoms with Crippen LogP contribution in [0.2, 0.25) is 0 Å². The van der Waals surface area contributed by atoms with Gasteiger partial charge in [-0.1, -0.05) is 12.1 Å². The number of carbonyl (C=O) groups is 4. The fourth-order valence-corrected chi connectivity index (χ4v) is 4.88. The van der Waals surface area contributed by atoms with Crippen LogP contribution >= 0.6 is 0 Å². The van der Waals surface area contributed by atoms with Gasteiger partial charge >= 0.3 is 24.3 Å². The van der Waals surface area contributed by atoms with Gasteiger partial charge in [-0.25, -0.2) is 14.4 Å². The molecule has 2 amide bonds. The molecule has 1 aromatic rings. The molecule has 2 heterocycles. The third-order valence-electron chi connectivity index (χ3n) is 6.72. The number of esters is 1. The first-order chi connectivity index (χ1) is 20.2. The Balaban J connectivity index is 1.82. The highest BCUT2D eigenvalue weighted by molar-refractivity contribution is 5.73. The van der Waals surface area contributed by atoms with Gasteiger partial charge in [-0.15, -0.1) is 0 Å². The van der Waals surface area contributed by atoms with Crippen molar-refractivity contribution in [1.82, 2.24) is 9.80 Å². The van der Waals surface area contributed by atoms with Crippen molar-refractivity contribution in [2.24, 2.45) is 5.92 Å². The normalized spacial score (nSPS) is 20.8. The Labute approximate surface area is 260 Å². The van der Waals surface area contributed by atoms with Gasteiger partial charge < -0.3 is 33.3 Å². The van der Waals surface area contributed by atoms with E-state index in [1.54, 1.807) is 81.6 Å². The van der Waals surface area contributed by atoms with Crippen molar-refractivity contribution in [3.05, 3.63) is 29.8 Å². The number of amides is 2. The van der Waals surface area contributed by atoms with Gasteiger partial charge in [-0.3, -0.25) is 9.69 Å². The van der Waals surface area contributed by atoms with Crippen LogP contribution in [0.5, 0.6) is 5.75 Å². The predicted octanol–water partition coefficient (Wildman–Crippen LogP) is 5.35. The van der Waals surface area contributed by atoms with Gasteiger partial charge in [0.2, 0.25) is 0 Å². The van der Waals surface area contributed by atoms with E-state index in [1.807, 2.05) is 12.1 Å². The lowest BCUT2D eigenvalue weighted by atomic mass is 9.96. The molecule has 0 spiro atoms. The fraction of sp³-hybridized carbons (Fsp3) is 0.688. The molecule has 3 atom stereocenters. The Morgan fingerprint density at radius 1 is 0.750 bits per heavy atom. The van der Waals surface area contributed by atoms with Crippen LogP contribution < -0.4 is 4.74 Å². The number of hydrogen-bond acceptors (Lipinski definition) is 10. The van der Waals surface area contributed by atoms with Crippen LogP contribution in [0.4, 0.5) is 14.4 Å². The van der Waals surface area contributed by atoms with Crippen LogP contribution in [0, 0.1) is 5.92 Å². The van der Waals surface area contributed by atoms with E-state index in [0.717, 1.165) is 5.56 Å². The molecule has 0 aliphatic carbocycles. The van der Waals surface area contributed by atoms with Gasteiger partial charge in [0.25, 0.3) is 0 Å². The smallest absolute Gasteiger partial charge is 0.497 e. The number of rotatable bonds is 7. The summed E-state index contributed by atoms with van der Waals surface area (Å²) in [6, 6.07) is 6.59. The SMILES string of the molecule is COc1ccc(C[C@@H]2[C@H](OC(=O)CC3CN(C(=O)OC(C)(C)C)C3)[C@@H](OC(=O)OC(C)(C)C)CN2C(=O)OC(C)(C)C)cc1. The van der Waals surface area contributed by atoms with Crippen LogP contribution in [-0.4, -0.2) is 95.9 Å². The highest BCUT2D eigenvalue weighted by atomic mass is 16.7. The molecule has 12 nitrogen and oxygen atoms in total.